The van der Waals surface area contributed by atoms with Crippen molar-refractivity contribution >= 4 is 34.7 Å². The number of amides is 2. The van der Waals surface area contributed by atoms with Crippen molar-refractivity contribution in [1.82, 2.24) is 15.0 Å². The third-order valence-corrected chi connectivity index (χ3v) is 5.40. The zero-order valence-corrected chi connectivity index (χ0v) is 19.0. The fourth-order valence-electron chi connectivity index (χ4n) is 3.67. The van der Waals surface area contributed by atoms with Crippen LogP contribution in [0.2, 0.25) is 0 Å². The van der Waals surface area contributed by atoms with Crippen molar-refractivity contribution < 1.29 is 14.4 Å². The Labute approximate surface area is 198 Å². The highest BCUT2D eigenvalue weighted by Gasteiger charge is 2.19. The maximum Gasteiger partial charge on any atom is 0.269 e. The minimum absolute atomic E-state index is 0.151. The second kappa shape index (κ2) is 10.0. The van der Waals surface area contributed by atoms with Gasteiger partial charge in [-0.1, -0.05) is 54.6 Å². The van der Waals surface area contributed by atoms with Gasteiger partial charge in [-0.05, 0) is 50.3 Å². The van der Waals surface area contributed by atoms with E-state index in [2.05, 4.69) is 5.43 Å². The summed E-state index contributed by atoms with van der Waals surface area (Å²) in [6, 6.07) is 25.1. The van der Waals surface area contributed by atoms with Gasteiger partial charge in [-0.15, -0.1) is 0 Å². The van der Waals surface area contributed by atoms with Gasteiger partial charge in [-0.3, -0.25) is 24.4 Å². The van der Waals surface area contributed by atoms with Crippen LogP contribution in [0.5, 0.6) is 0 Å². The van der Waals surface area contributed by atoms with Gasteiger partial charge in [0.15, 0.2) is 0 Å². The number of hydrogen-bond acceptors (Lipinski definition) is 3. The van der Waals surface area contributed by atoms with Gasteiger partial charge in [0.1, 0.15) is 0 Å². The average Bonchev–Trinajstić information content (AvgIpc) is 3.24. The van der Waals surface area contributed by atoms with Crippen LogP contribution in [0.25, 0.3) is 17.0 Å². The minimum atomic E-state index is -0.370. The molecule has 34 heavy (non-hydrogen) atoms. The largest absolute Gasteiger partial charge is 0.283 e. The van der Waals surface area contributed by atoms with Crippen LogP contribution in [-0.4, -0.2) is 33.3 Å². The molecule has 2 amide bonds. The number of aromatic nitrogens is 1. The molecule has 0 aliphatic carbocycles. The first kappa shape index (κ1) is 22.7. The van der Waals surface area contributed by atoms with Crippen LogP contribution >= 0.6 is 0 Å². The van der Waals surface area contributed by atoms with E-state index in [1.165, 1.54) is 11.1 Å². The number of hydrazine groups is 1. The predicted molar refractivity (Wildman–Crippen MR) is 133 cm³/mol. The molecule has 0 saturated carbocycles. The molecule has 0 radical (unpaired) electrons. The number of nitrogens with zero attached hydrogens (tertiary/aromatic N) is 2. The van der Waals surface area contributed by atoms with E-state index in [-0.39, 0.29) is 23.8 Å². The lowest BCUT2D eigenvalue weighted by Crippen LogP contribution is -2.49. The molecule has 0 unspecified atom stereocenters. The molecule has 170 valence electrons. The van der Waals surface area contributed by atoms with Crippen molar-refractivity contribution in [1.29, 1.82) is 0 Å². The van der Waals surface area contributed by atoms with Gasteiger partial charge in [0.2, 0.25) is 0 Å². The fourth-order valence-corrected chi connectivity index (χ4v) is 3.67. The highest BCUT2D eigenvalue weighted by molar-refractivity contribution is 6.05. The van der Waals surface area contributed by atoms with E-state index in [1.54, 1.807) is 53.2 Å². The molecule has 0 saturated heterocycles. The van der Waals surface area contributed by atoms with Gasteiger partial charge in [0, 0.05) is 40.4 Å². The van der Waals surface area contributed by atoms with Crippen molar-refractivity contribution in [2.45, 2.75) is 19.9 Å². The van der Waals surface area contributed by atoms with Crippen molar-refractivity contribution in [3.8, 4) is 0 Å². The smallest absolute Gasteiger partial charge is 0.269 e. The van der Waals surface area contributed by atoms with Crippen LogP contribution in [0, 0.1) is 0 Å². The summed E-state index contributed by atoms with van der Waals surface area (Å²) >= 11 is 0. The third-order valence-electron chi connectivity index (χ3n) is 5.40. The Balaban J connectivity index is 1.60. The number of carbonyl (C=O) groups is 3. The molecular weight excluding hydrogens is 426 g/mol. The zero-order chi connectivity index (χ0) is 24.1. The monoisotopic (exact) mass is 451 g/mol. The molecule has 6 nitrogen and oxygen atoms in total. The van der Waals surface area contributed by atoms with Crippen LogP contribution < -0.4 is 5.43 Å². The maximum absolute atomic E-state index is 13.1. The number of benzene rings is 3. The Bertz CT molecular complexity index is 1360. The van der Waals surface area contributed by atoms with Crippen LogP contribution in [0.4, 0.5) is 0 Å². The lowest BCUT2D eigenvalue weighted by molar-refractivity contribution is -0.130. The first-order chi connectivity index (χ1) is 16.5. The Kier molecular flexibility index (Phi) is 6.69. The van der Waals surface area contributed by atoms with Crippen LogP contribution in [-0.2, 0) is 4.79 Å². The molecular formula is C28H25N3O3. The summed E-state index contributed by atoms with van der Waals surface area (Å²) in [6.07, 6.45) is 4.81. The molecule has 3 aromatic carbocycles. The number of fused-ring (bicyclic) bond motifs is 1. The van der Waals surface area contributed by atoms with Crippen molar-refractivity contribution in [2.24, 2.45) is 0 Å². The van der Waals surface area contributed by atoms with Gasteiger partial charge < -0.3 is 0 Å². The number of carbonyl (C=O) groups excluding carboxylic acids is 3. The van der Waals surface area contributed by atoms with Crippen molar-refractivity contribution in [3.63, 3.8) is 0 Å². The molecule has 4 rings (SSSR count). The summed E-state index contributed by atoms with van der Waals surface area (Å²) in [5.74, 6) is -0.881. The molecule has 0 bridgehead atoms. The molecule has 0 atom stereocenters. The Morgan fingerprint density at radius 1 is 0.824 bits per heavy atom. The summed E-state index contributed by atoms with van der Waals surface area (Å²) < 4.78 is 1.59. The standard InChI is InChI=1S/C28H25N3O3/c1-20(2)31(29-27(33)21-11-5-3-6-12-21)26(32)18-17-23-19-30(25-16-10-9-15-24(23)25)28(34)22-13-7-4-8-14-22/h3-20H,1-2H3,(H,29,33)/b18-17+. The first-order valence-electron chi connectivity index (χ1n) is 11.0. The van der Waals surface area contributed by atoms with E-state index in [4.69, 9.17) is 0 Å². The van der Waals surface area contributed by atoms with Gasteiger partial charge in [0.25, 0.3) is 17.7 Å². The van der Waals surface area contributed by atoms with E-state index in [1.807, 2.05) is 62.4 Å². The molecule has 0 aliphatic rings. The number of para-hydroxylation sites is 1. The normalized spacial score (nSPS) is 11.1. The summed E-state index contributed by atoms with van der Waals surface area (Å²) in [7, 11) is 0. The second-order valence-corrected chi connectivity index (χ2v) is 8.09. The van der Waals surface area contributed by atoms with Crippen LogP contribution in [0.3, 0.4) is 0 Å². The molecule has 0 aliphatic heterocycles. The summed E-state index contributed by atoms with van der Waals surface area (Å²) in [4.78, 5) is 38.6. The first-order valence-corrected chi connectivity index (χ1v) is 11.0. The Morgan fingerprint density at radius 2 is 1.41 bits per heavy atom. The highest BCUT2D eigenvalue weighted by atomic mass is 16.2. The molecule has 1 N–H and O–H groups in total. The summed E-state index contributed by atoms with van der Waals surface area (Å²) in [5, 5.41) is 2.14. The maximum atomic E-state index is 13.1. The fraction of sp³-hybridized carbons (Fsp3) is 0.107. The second-order valence-electron chi connectivity index (χ2n) is 8.09. The van der Waals surface area contributed by atoms with Gasteiger partial charge in [0.05, 0.1) is 5.52 Å². The van der Waals surface area contributed by atoms with Gasteiger partial charge in [-0.25, -0.2) is 5.01 Å². The lowest BCUT2D eigenvalue weighted by Gasteiger charge is -2.25. The molecule has 0 spiro atoms. The SMILES string of the molecule is CC(C)N(NC(=O)c1ccccc1)C(=O)/C=C/c1cn(C(=O)c2ccccc2)c2ccccc12. The topological polar surface area (TPSA) is 71.4 Å². The van der Waals surface area contributed by atoms with Crippen molar-refractivity contribution in [2.75, 3.05) is 0 Å². The Hall–Kier alpha value is -4.45. The van der Waals surface area contributed by atoms with Crippen molar-refractivity contribution in [3.05, 3.63) is 114 Å². The summed E-state index contributed by atoms with van der Waals surface area (Å²) in [5.41, 5.74) is 5.20. The molecule has 1 aromatic heterocycles. The quantitative estimate of drug-likeness (QED) is 0.346. The zero-order valence-electron chi connectivity index (χ0n) is 19.0. The van der Waals surface area contributed by atoms with Crippen LogP contribution in [0.15, 0.2) is 97.2 Å². The van der Waals surface area contributed by atoms with E-state index in [0.29, 0.717) is 11.1 Å². The highest BCUT2D eigenvalue weighted by Crippen LogP contribution is 2.24. The number of nitrogens with one attached hydrogen (secondary N) is 1. The van der Waals surface area contributed by atoms with E-state index in [0.717, 1.165) is 16.5 Å². The molecule has 4 aromatic rings. The van der Waals surface area contributed by atoms with Crippen LogP contribution in [0.1, 0.15) is 40.1 Å². The van der Waals surface area contributed by atoms with E-state index in [9.17, 15) is 14.4 Å². The number of hydrogen-bond donors (Lipinski definition) is 1. The molecule has 6 heteroatoms. The van der Waals surface area contributed by atoms with E-state index >= 15 is 0 Å². The molecule has 0 fully saturated rings. The minimum Gasteiger partial charge on any atom is -0.283 e. The predicted octanol–water partition coefficient (Wildman–Crippen LogP) is 4.93. The van der Waals surface area contributed by atoms with E-state index < -0.39 is 0 Å². The number of rotatable bonds is 5. The van der Waals surface area contributed by atoms with Gasteiger partial charge >= 0.3 is 0 Å². The third kappa shape index (κ3) is 4.81. The average molecular weight is 452 g/mol. The molecule has 1 heterocycles. The lowest BCUT2D eigenvalue weighted by atomic mass is 10.1. The summed E-state index contributed by atoms with van der Waals surface area (Å²) in [6.45, 7) is 3.64. The van der Waals surface area contributed by atoms with Gasteiger partial charge in [-0.2, -0.15) is 0 Å². The Morgan fingerprint density at radius 3 is 2.06 bits per heavy atom.